The molecule has 20 heavy (non-hydrogen) atoms. The minimum absolute atomic E-state index is 0.369. The molecule has 0 spiro atoms. The molecule has 1 heterocycles. The molecule has 3 rings (SSSR count). The summed E-state index contributed by atoms with van der Waals surface area (Å²) in [6, 6.07) is 14.1. The molecule has 4 heteroatoms. The van der Waals surface area contributed by atoms with Gasteiger partial charge in [0.15, 0.2) is 0 Å². The van der Waals surface area contributed by atoms with Crippen molar-refractivity contribution in [3.05, 3.63) is 64.5 Å². The molecule has 100 valence electrons. The van der Waals surface area contributed by atoms with Crippen molar-refractivity contribution in [3.8, 4) is 11.5 Å². The molecule has 0 radical (unpaired) electrons. The Morgan fingerprint density at radius 2 is 1.90 bits per heavy atom. The van der Waals surface area contributed by atoms with Gasteiger partial charge in [-0.1, -0.05) is 12.1 Å². The van der Waals surface area contributed by atoms with Gasteiger partial charge in [-0.3, -0.25) is 0 Å². The highest BCUT2D eigenvalue weighted by Gasteiger charge is 2.06. The van der Waals surface area contributed by atoms with E-state index in [2.05, 4.69) is 0 Å². The van der Waals surface area contributed by atoms with Crippen LogP contribution in [0.5, 0.6) is 11.5 Å². The lowest BCUT2D eigenvalue weighted by Crippen LogP contribution is -1.98. The van der Waals surface area contributed by atoms with Crippen molar-refractivity contribution in [3.63, 3.8) is 0 Å². The number of para-hydroxylation sites is 2. The Kier molecular flexibility index (Phi) is 2.91. The van der Waals surface area contributed by atoms with Gasteiger partial charge >= 0.3 is 5.63 Å². The molecule has 0 aliphatic rings. The molecular weight excluding hydrogens is 254 g/mol. The molecule has 0 unspecified atom stereocenters. The zero-order valence-electron chi connectivity index (χ0n) is 10.9. The lowest BCUT2D eigenvalue weighted by atomic mass is 10.1. The van der Waals surface area contributed by atoms with E-state index in [9.17, 15) is 4.79 Å². The van der Waals surface area contributed by atoms with Crippen molar-refractivity contribution >= 4 is 16.7 Å². The van der Waals surface area contributed by atoms with E-state index < -0.39 is 0 Å². The molecule has 0 bridgehead atoms. The van der Waals surface area contributed by atoms with E-state index in [4.69, 9.17) is 14.9 Å². The van der Waals surface area contributed by atoms with Gasteiger partial charge in [0.05, 0.1) is 5.69 Å². The number of hydrogen-bond acceptors (Lipinski definition) is 4. The lowest BCUT2D eigenvalue weighted by molar-refractivity contribution is 0.482. The fourth-order valence-electron chi connectivity index (χ4n) is 2.07. The summed E-state index contributed by atoms with van der Waals surface area (Å²) in [7, 11) is 0. The van der Waals surface area contributed by atoms with Gasteiger partial charge in [0.1, 0.15) is 17.1 Å². The topological polar surface area (TPSA) is 65.5 Å². The highest BCUT2D eigenvalue weighted by molar-refractivity contribution is 5.81. The third-order valence-electron chi connectivity index (χ3n) is 3.07. The van der Waals surface area contributed by atoms with Gasteiger partial charge in [-0.05, 0) is 36.8 Å². The standard InChI is InChI=1S/C16H13NO3/c1-10-8-16(18)20-15-9-11(6-7-12(10)15)19-14-5-3-2-4-13(14)17/h2-9H,17H2,1H3. The maximum absolute atomic E-state index is 11.4. The van der Waals surface area contributed by atoms with Gasteiger partial charge < -0.3 is 14.9 Å². The van der Waals surface area contributed by atoms with Crippen molar-refractivity contribution in [2.24, 2.45) is 0 Å². The van der Waals surface area contributed by atoms with Crippen molar-refractivity contribution in [2.75, 3.05) is 5.73 Å². The number of nitrogens with two attached hydrogens (primary N) is 1. The predicted molar refractivity (Wildman–Crippen MR) is 78.1 cm³/mol. The summed E-state index contributed by atoms with van der Waals surface area (Å²) in [5.74, 6) is 1.14. The number of benzene rings is 2. The predicted octanol–water partition coefficient (Wildman–Crippen LogP) is 3.48. The van der Waals surface area contributed by atoms with Gasteiger partial charge in [0.25, 0.3) is 0 Å². The van der Waals surface area contributed by atoms with Gasteiger partial charge in [-0.25, -0.2) is 4.79 Å². The monoisotopic (exact) mass is 267 g/mol. The van der Waals surface area contributed by atoms with Crippen LogP contribution in [-0.4, -0.2) is 0 Å². The van der Waals surface area contributed by atoms with Crippen LogP contribution < -0.4 is 16.1 Å². The SMILES string of the molecule is Cc1cc(=O)oc2cc(Oc3ccccc3N)ccc12. The maximum Gasteiger partial charge on any atom is 0.336 e. The van der Waals surface area contributed by atoms with E-state index in [0.29, 0.717) is 22.8 Å². The number of ether oxygens (including phenoxy) is 1. The second-order valence-electron chi connectivity index (χ2n) is 4.55. The highest BCUT2D eigenvalue weighted by Crippen LogP contribution is 2.29. The summed E-state index contributed by atoms with van der Waals surface area (Å²) in [6.45, 7) is 1.87. The number of anilines is 1. The molecule has 0 saturated carbocycles. The van der Waals surface area contributed by atoms with Crippen LogP contribution in [0.3, 0.4) is 0 Å². The number of hydrogen-bond donors (Lipinski definition) is 1. The van der Waals surface area contributed by atoms with E-state index in [0.717, 1.165) is 10.9 Å². The Labute approximate surface area is 115 Å². The molecule has 0 aliphatic heterocycles. The van der Waals surface area contributed by atoms with Crippen LogP contribution in [0, 0.1) is 6.92 Å². The Morgan fingerprint density at radius 1 is 1.10 bits per heavy atom. The van der Waals surface area contributed by atoms with Crippen LogP contribution in [0.25, 0.3) is 11.0 Å². The first kappa shape index (κ1) is 12.3. The average Bonchev–Trinajstić information content (AvgIpc) is 2.41. The van der Waals surface area contributed by atoms with Gasteiger partial charge in [-0.2, -0.15) is 0 Å². The number of nitrogen functional groups attached to an aromatic ring is 1. The van der Waals surface area contributed by atoms with Crippen molar-refractivity contribution < 1.29 is 9.15 Å². The summed E-state index contributed by atoms with van der Waals surface area (Å²) in [5, 5.41) is 0.887. The largest absolute Gasteiger partial charge is 0.455 e. The summed E-state index contributed by atoms with van der Waals surface area (Å²) in [6.07, 6.45) is 0. The average molecular weight is 267 g/mol. The number of rotatable bonds is 2. The molecule has 4 nitrogen and oxygen atoms in total. The molecule has 0 fully saturated rings. The Morgan fingerprint density at radius 3 is 2.70 bits per heavy atom. The Hall–Kier alpha value is -2.75. The third kappa shape index (κ3) is 2.23. The maximum atomic E-state index is 11.4. The molecule has 2 aromatic carbocycles. The normalized spacial score (nSPS) is 10.7. The van der Waals surface area contributed by atoms with Gasteiger partial charge in [-0.15, -0.1) is 0 Å². The van der Waals surface area contributed by atoms with E-state index in [1.807, 2.05) is 31.2 Å². The second-order valence-corrected chi connectivity index (χ2v) is 4.55. The van der Waals surface area contributed by atoms with Crippen LogP contribution in [0.2, 0.25) is 0 Å². The molecule has 1 aromatic heterocycles. The minimum Gasteiger partial charge on any atom is -0.455 e. The van der Waals surface area contributed by atoms with Crippen LogP contribution in [-0.2, 0) is 0 Å². The van der Waals surface area contributed by atoms with Crippen LogP contribution in [0.4, 0.5) is 5.69 Å². The molecule has 0 atom stereocenters. The fourth-order valence-corrected chi connectivity index (χ4v) is 2.07. The van der Waals surface area contributed by atoms with E-state index in [1.54, 1.807) is 18.2 Å². The lowest BCUT2D eigenvalue weighted by Gasteiger charge is -2.09. The van der Waals surface area contributed by atoms with Crippen molar-refractivity contribution in [1.29, 1.82) is 0 Å². The van der Waals surface area contributed by atoms with Gasteiger partial charge in [0.2, 0.25) is 0 Å². The van der Waals surface area contributed by atoms with Crippen molar-refractivity contribution in [2.45, 2.75) is 6.92 Å². The molecular formula is C16H13NO3. The number of aryl methyl sites for hydroxylation is 1. The van der Waals surface area contributed by atoms with Crippen LogP contribution >= 0.6 is 0 Å². The van der Waals surface area contributed by atoms with E-state index >= 15 is 0 Å². The summed E-state index contributed by atoms with van der Waals surface area (Å²) in [5.41, 5.74) is 7.39. The molecule has 0 aliphatic carbocycles. The quantitative estimate of drug-likeness (QED) is 0.570. The van der Waals surface area contributed by atoms with E-state index in [1.165, 1.54) is 6.07 Å². The summed E-state index contributed by atoms with van der Waals surface area (Å²) < 4.78 is 10.9. The van der Waals surface area contributed by atoms with Crippen molar-refractivity contribution in [1.82, 2.24) is 0 Å². The number of fused-ring (bicyclic) bond motifs is 1. The third-order valence-corrected chi connectivity index (χ3v) is 3.07. The zero-order valence-corrected chi connectivity index (χ0v) is 10.9. The Balaban J connectivity index is 2.05. The van der Waals surface area contributed by atoms with Crippen LogP contribution in [0.1, 0.15) is 5.56 Å². The molecule has 2 N–H and O–H groups in total. The summed E-state index contributed by atoms with van der Waals surface area (Å²) in [4.78, 5) is 11.4. The van der Waals surface area contributed by atoms with Crippen LogP contribution in [0.15, 0.2) is 57.7 Å². The highest BCUT2D eigenvalue weighted by atomic mass is 16.5. The molecule has 3 aromatic rings. The molecule has 0 amide bonds. The fraction of sp³-hybridized carbons (Fsp3) is 0.0625. The first-order chi connectivity index (χ1) is 9.63. The van der Waals surface area contributed by atoms with E-state index in [-0.39, 0.29) is 5.63 Å². The first-order valence-corrected chi connectivity index (χ1v) is 6.20. The Bertz CT molecular complexity index is 836. The smallest absolute Gasteiger partial charge is 0.336 e. The first-order valence-electron chi connectivity index (χ1n) is 6.20. The van der Waals surface area contributed by atoms with Gasteiger partial charge in [0, 0.05) is 17.5 Å². The minimum atomic E-state index is -0.369. The summed E-state index contributed by atoms with van der Waals surface area (Å²) >= 11 is 0. The molecule has 0 saturated heterocycles. The second kappa shape index (κ2) is 4.74. The zero-order chi connectivity index (χ0) is 14.1.